The summed E-state index contributed by atoms with van der Waals surface area (Å²) in [5.74, 6) is -2.91. The predicted octanol–water partition coefficient (Wildman–Crippen LogP) is 5.61. The molecule has 8 nitrogen and oxygen atoms in total. The fourth-order valence-corrected chi connectivity index (χ4v) is 7.91. The molecule has 240 valence electrons. The van der Waals surface area contributed by atoms with Crippen molar-refractivity contribution in [2.75, 3.05) is 24.7 Å². The minimum Gasteiger partial charge on any atom is -0.465 e. The number of allylic oxidation sites excluding steroid dienone is 1. The number of amides is 2. The number of aliphatic hydroxyl groups is 1. The molecule has 2 bridgehead atoms. The number of unbranched alkanes of at least 4 members (excludes halogenated alkanes) is 2. The molecule has 3 aliphatic rings. The summed E-state index contributed by atoms with van der Waals surface area (Å²) in [6.07, 6.45) is 7.35. The largest absolute Gasteiger partial charge is 0.465 e. The first kappa shape index (κ1) is 32.6. The Morgan fingerprint density at radius 1 is 1.13 bits per heavy atom. The van der Waals surface area contributed by atoms with Crippen LogP contribution in [-0.2, 0) is 23.9 Å². The van der Waals surface area contributed by atoms with E-state index in [9.17, 15) is 14.7 Å². The number of carbonyl (C=O) groups excluding carboxylic acids is 3. The van der Waals surface area contributed by atoms with Crippen LogP contribution in [0.25, 0.3) is 0 Å². The third-order valence-electron chi connectivity index (χ3n) is 10.1. The molecule has 3 saturated heterocycles. The van der Waals surface area contributed by atoms with Crippen LogP contribution in [0.2, 0.25) is 0 Å². The summed E-state index contributed by atoms with van der Waals surface area (Å²) in [5, 5.41) is 10.8. The second-order valence-electron chi connectivity index (χ2n) is 12.7. The molecule has 6 atom stereocenters. The molecule has 45 heavy (non-hydrogen) atoms. The van der Waals surface area contributed by atoms with Gasteiger partial charge >= 0.3 is 5.97 Å². The Kier molecular flexibility index (Phi) is 9.65. The zero-order valence-corrected chi connectivity index (χ0v) is 26.7. The van der Waals surface area contributed by atoms with Crippen LogP contribution in [0.5, 0.6) is 0 Å². The number of nitrogens with zero attached hydrogens (tertiary/aromatic N) is 2. The summed E-state index contributed by atoms with van der Waals surface area (Å²) >= 11 is 0. The van der Waals surface area contributed by atoms with Gasteiger partial charge in [-0.15, -0.1) is 13.2 Å². The van der Waals surface area contributed by atoms with Crippen LogP contribution in [0, 0.1) is 25.7 Å². The molecule has 3 fully saturated rings. The molecule has 0 aliphatic carbocycles. The molecule has 0 saturated carbocycles. The Hall–Kier alpha value is -3.75. The van der Waals surface area contributed by atoms with Crippen molar-refractivity contribution in [3.05, 3.63) is 90.5 Å². The van der Waals surface area contributed by atoms with E-state index >= 15 is 4.79 Å². The second kappa shape index (κ2) is 13.3. The van der Waals surface area contributed by atoms with Gasteiger partial charge in [-0.25, -0.2) is 0 Å². The summed E-state index contributed by atoms with van der Waals surface area (Å²) in [4.78, 5) is 47.0. The number of ether oxygens (including phenoxy) is 2. The topological polar surface area (TPSA) is 96.4 Å². The lowest BCUT2D eigenvalue weighted by atomic mass is 9.65. The van der Waals surface area contributed by atoms with Crippen molar-refractivity contribution in [1.82, 2.24) is 4.90 Å². The Morgan fingerprint density at radius 2 is 1.89 bits per heavy atom. The molecule has 2 unspecified atom stereocenters. The van der Waals surface area contributed by atoms with Gasteiger partial charge in [0.25, 0.3) is 5.91 Å². The van der Waals surface area contributed by atoms with Crippen LogP contribution in [0.1, 0.15) is 68.2 Å². The van der Waals surface area contributed by atoms with Crippen molar-refractivity contribution in [3.63, 3.8) is 0 Å². The van der Waals surface area contributed by atoms with E-state index in [0.29, 0.717) is 31.2 Å². The monoisotopic (exact) mass is 614 g/mol. The zero-order valence-electron chi connectivity index (χ0n) is 26.7. The highest BCUT2D eigenvalue weighted by Crippen LogP contribution is 2.65. The van der Waals surface area contributed by atoms with Gasteiger partial charge in [0, 0.05) is 12.2 Å². The van der Waals surface area contributed by atoms with Gasteiger partial charge in [0.15, 0.2) is 0 Å². The molecule has 3 aliphatic heterocycles. The number of likely N-dealkylation sites (tertiary alicyclic amines) is 1. The van der Waals surface area contributed by atoms with Gasteiger partial charge in [-0.05, 0) is 75.1 Å². The summed E-state index contributed by atoms with van der Waals surface area (Å²) in [6.45, 7) is 13.6. The van der Waals surface area contributed by atoms with Crippen molar-refractivity contribution in [2.24, 2.45) is 11.8 Å². The number of aliphatic hydroxyl groups excluding tert-OH is 1. The smallest absolute Gasteiger partial charge is 0.312 e. The van der Waals surface area contributed by atoms with Gasteiger partial charge in [-0.2, -0.15) is 0 Å². The molecule has 1 spiro atoms. The standard InChI is InChI=1S/C37H46N2O6/c1-6-9-10-14-22-44-35(43)31-30-33(41)39(29(24-40)27-15-12-11-13-16-27)32(37(30)20-19-36(31,8-3)45-37)34(42)38(21-7-2)28-23-25(4)17-18-26(28)5/h6-7,11-13,15-18,23,29-32,40H,1-2,8-10,14,19-22,24H2,3-5H3/t29-,30+,31-,32?,36+,37?/m1/s1. The number of rotatable bonds is 14. The van der Waals surface area contributed by atoms with Crippen molar-refractivity contribution in [2.45, 2.75) is 82.6 Å². The molecular weight excluding hydrogens is 568 g/mol. The SMILES string of the molecule is C=CCCCCOC(=O)[C@H]1[C@H]2C(=O)N([C@H](CO)c3ccccc3)C(C(=O)N(CC=C)c3cc(C)ccc3C)C23CC[C@]1(CC)O3. The third-order valence-corrected chi connectivity index (χ3v) is 10.1. The van der Waals surface area contributed by atoms with Crippen LogP contribution in [0.4, 0.5) is 5.69 Å². The average Bonchev–Trinajstić information content (AvgIpc) is 3.65. The number of fused-ring (bicyclic) bond motifs is 1. The number of carbonyl (C=O) groups is 3. The van der Waals surface area contributed by atoms with Crippen molar-refractivity contribution >= 4 is 23.5 Å². The maximum absolute atomic E-state index is 15.1. The summed E-state index contributed by atoms with van der Waals surface area (Å²) < 4.78 is 12.8. The van der Waals surface area contributed by atoms with E-state index in [2.05, 4.69) is 13.2 Å². The Morgan fingerprint density at radius 3 is 2.56 bits per heavy atom. The summed E-state index contributed by atoms with van der Waals surface area (Å²) in [6, 6.07) is 13.3. The Balaban J connectivity index is 1.62. The molecule has 1 N–H and O–H groups in total. The lowest BCUT2D eigenvalue weighted by Crippen LogP contribution is -2.57. The quantitative estimate of drug-likeness (QED) is 0.169. The number of esters is 1. The van der Waals surface area contributed by atoms with Gasteiger partial charge < -0.3 is 24.4 Å². The molecule has 3 heterocycles. The lowest BCUT2D eigenvalue weighted by molar-refractivity contribution is -0.162. The van der Waals surface area contributed by atoms with E-state index in [-0.39, 0.29) is 25.0 Å². The Bertz CT molecular complexity index is 1440. The van der Waals surface area contributed by atoms with E-state index < -0.39 is 47.7 Å². The fourth-order valence-electron chi connectivity index (χ4n) is 7.91. The van der Waals surface area contributed by atoms with E-state index in [0.717, 1.165) is 29.7 Å². The molecule has 5 rings (SSSR count). The molecule has 0 radical (unpaired) electrons. The van der Waals surface area contributed by atoms with Crippen molar-refractivity contribution in [3.8, 4) is 0 Å². The Labute approximate surface area is 266 Å². The number of hydrogen-bond donors (Lipinski definition) is 1. The van der Waals surface area contributed by atoms with Gasteiger partial charge in [-0.3, -0.25) is 14.4 Å². The molecule has 0 aromatic heterocycles. The fraction of sp³-hybridized carbons (Fsp3) is 0.486. The highest BCUT2D eigenvalue weighted by molar-refractivity contribution is 6.05. The van der Waals surface area contributed by atoms with Gasteiger partial charge in [-0.1, -0.05) is 61.5 Å². The number of aryl methyl sites for hydroxylation is 2. The molecule has 8 heteroatoms. The van der Waals surface area contributed by atoms with Gasteiger partial charge in [0.05, 0.1) is 30.8 Å². The zero-order chi connectivity index (χ0) is 32.4. The van der Waals surface area contributed by atoms with E-state index in [1.165, 1.54) is 4.90 Å². The maximum atomic E-state index is 15.1. The highest BCUT2D eigenvalue weighted by atomic mass is 16.6. The minimum atomic E-state index is -1.25. The first-order chi connectivity index (χ1) is 21.7. The molecule has 2 amide bonds. The number of hydrogen-bond acceptors (Lipinski definition) is 6. The van der Waals surface area contributed by atoms with Crippen LogP contribution < -0.4 is 4.90 Å². The predicted molar refractivity (Wildman–Crippen MR) is 173 cm³/mol. The second-order valence-corrected chi connectivity index (χ2v) is 12.7. The number of anilines is 1. The summed E-state index contributed by atoms with van der Waals surface area (Å²) in [5.41, 5.74) is 1.15. The number of benzene rings is 2. The first-order valence-electron chi connectivity index (χ1n) is 16.1. The lowest BCUT2D eigenvalue weighted by Gasteiger charge is -2.40. The van der Waals surface area contributed by atoms with E-state index in [4.69, 9.17) is 9.47 Å². The minimum absolute atomic E-state index is 0.215. The van der Waals surface area contributed by atoms with Crippen LogP contribution in [0.3, 0.4) is 0 Å². The van der Waals surface area contributed by atoms with Crippen LogP contribution >= 0.6 is 0 Å². The van der Waals surface area contributed by atoms with E-state index in [1.54, 1.807) is 11.0 Å². The average molecular weight is 615 g/mol. The van der Waals surface area contributed by atoms with Gasteiger partial charge in [0.1, 0.15) is 17.6 Å². The van der Waals surface area contributed by atoms with Crippen molar-refractivity contribution in [1.29, 1.82) is 0 Å². The molecule has 2 aromatic rings. The van der Waals surface area contributed by atoms with Crippen molar-refractivity contribution < 1.29 is 29.0 Å². The van der Waals surface area contributed by atoms with Crippen LogP contribution in [0.15, 0.2) is 73.8 Å². The molecular formula is C37H46N2O6. The highest BCUT2D eigenvalue weighted by Gasteiger charge is 2.79. The molecule has 2 aromatic carbocycles. The third kappa shape index (κ3) is 5.52. The normalized spacial score (nSPS) is 27.2. The first-order valence-corrected chi connectivity index (χ1v) is 16.1. The maximum Gasteiger partial charge on any atom is 0.312 e. The van der Waals surface area contributed by atoms with Crippen LogP contribution in [-0.4, -0.2) is 64.8 Å². The van der Waals surface area contributed by atoms with E-state index in [1.807, 2.05) is 75.4 Å². The van der Waals surface area contributed by atoms with Gasteiger partial charge in [0.2, 0.25) is 5.91 Å². The summed E-state index contributed by atoms with van der Waals surface area (Å²) in [7, 11) is 0.